The Balaban J connectivity index is 1.72. The Bertz CT molecular complexity index is 833. The predicted octanol–water partition coefficient (Wildman–Crippen LogP) is 2.34. The van der Waals surface area contributed by atoms with Crippen molar-refractivity contribution in [3.8, 4) is 0 Å². The first-order valence-electron chi connectivity index (χ1n) is 8.78. The number of hydrogen-bond donors (Lipinski definition) is 4. The number of nitrogens with zero attached hydrogens (tertiary/aromatic N) is 3. The largest absolute Gasteiger partial charge is 0.402 e. The first kappa shape index (κ1) is 21.6. The summed E-state index contributed by atoms with van der Waals surface area (Å²) in [5, 5.41) is 15.5. The van der Waals surface area contributed by atoms with Gasteiger partial charge in [-0.2, -0.15) is 0 Å². The molecule has 0 aliphatic rings. The van der Waals surface area contributed by atoms with Crippen LogP contribution < -0.4 is 22.1 Å². The van der Waals surface area contributed by atoms with Crippen molar-refractivity contribution in [2.45, 2.75) is 32.1 Å². The Labute approximate surface area is 173 Å². The maximum absolute atomic E-state index is 12.1. The smallest absolute Gasteiger partial charge is 0.230 e. The summed E-state index contributed by atoms with van der Waals surface area (Å²) in [6.07, 6.45) is 8.77. The Morgan fingerprint density at radius 2 is 2.07 bits per heavy atom. The first-order valence-corrected chi connectivity index (χ1v) is 9.98. The molecule has 0 spiro atoms. The molecule has 0 unspecified atom stereocenters. The van der Waals surface area contributed by atoms with Gasteiger partial charge in [-0.25, -0.2) is 4.98 Å². The van der Waals surface area contributed by atoms with Crippen molar-refractivity contribution in [1.82, 2.24) is 20.5 Å². The van der Waals surface area contributed by atoms with Crippen LogP contribution in [-0.4, -0.2) is 28.1 Å². The molecule has 0 aliphatic carbocycles. The van der Waals surface area contributed by atoms with Gasteiger partial charge >= 0.3 is 0 Å². The van der Waals surface area contributed by atoms with Gasteiger partial charge in [-0.05, 0) is 43.0 Å². The van der Waals surface area contributed by atoms with Crippen LogP contribution in [0.5, 0.6) is 0 Å². The Hall–Kier alpha value is -2.65. The third kappa shape index (κ3) is 7.93. The summed E-state index contributed by atoms with van der Waals surface area (Å²) in [4.78, 5) is 16.0. The van der Waals surface area contributed by atoms with Crippen molar-refractivity contribution in [2.24, 2.45) is 11.5 Å². The quantitative estimate of drug-likeness (QED) is 0.263. The molecule has 28 heavy (non-hydrogen) atoms. The van der Waals surface area contributed by atoms with E-state index in [1.54, 1.807) is 37.5 Å². The molecular weight excluding hydrogens is 398 g/mol. The highest BCUT2D eigenvalue weighted by molar-refractivity contribution is 7.15. The molecule has 2 heterocycles. The molecule has 0 atom stereocenters. The normalized spacial score (nSPS) is 12.1. The Morgan fingerprint density at radius 3 is 2.79 bits per heavy atom. The molecule has 0 saturated carbocycles. The van der Waals surface area contributed by atoms with Crippen LogP contribution >= 0.6 is 22.9 Å². The van der Waals surface area contributed by atoms with E-state index in [4.69, 9.17) is 23.1 Å². The lowest BCUT2D eigenvalue weighted by atomic mass is 10.1. The zero-order chi connectivity index (χ0) is 20.4. The fourth-order valence-corrected chi connectivity index (χ4v) is 3.14. The lowest BCUT2D eigenvalue weighted by Gasteiger charge is -2.01. The van der Waals surface area contributed by atoms with E-state index in [1.807, 2.05) is 0 Å². The number of carbonyl (C=O) groups is 1. The fraction of sp³-hybridized carbons (Fsp3) is 0.333. The number of anilines is 1. The van der Waals surface area contributed by atoms with Crippen molar-refractivity contribution in [1.29, 1.82) is 0 Å². The fourth-order valence-electron chi connectivity index (χ4n) is 2.23. The number of rotatable bonds is 10. The summed E-state index contributed by atoms with van der Waals surface area (Å²) in [5.41, 5.74) is 13.1. The minimum Gasteiger partial charge on any atom is -0.402 e. The lowest BCUT2D eigenvalue weighted by Crippen LogP contribution is -2.14. The standard InChI is InChI=1S/C18H24ClN7OS/c1-22-15(21)9-7-13(20)4-2-3-5-17-25-26-18(28-17)24-16(27)10-12-6-8-14(19)23-11-12/h6-9,11,22H,2-5,10,20-21H2,1H3,(H,24,26,27)/b13-7-,15-9+. The van der Waals surface area contributed by atoms with Crippen molar-refractivity contribution in [2.75, 3.05) is 12.4 Å². The van der Waals surface area contributed by atoms with E-state index in [1.165, 1.54) is 11.3 Å². The number of amides is 1. The van der Waals surface area contributed by atoms with Gasteiger partial charge in [0.25, 0.3) is 0 Å². The first-order chi connectivity index (χ1) is 13.5. The van der Waals surface area contributed by atoms with Gasteiger partial charge in [0.15, 0.2) is 0 Å². The van der Waals surface area contributed by atoms with Crippen LogP contribution in [0.15, 0.2) is 42.0 Å². The monoisotopic (exact) mass is 421 g/mol. The second-order valence-electron chi connectivity index (χ2n) is 6.04. The van der Waals surface area contributed by atoms with Crippen LogP contribution in [0.3, 0.4) is 0 Å². The number of unbranched alkanes of at least 4 members (excludes halogenated alkanes) is 1. The number of aromatic nitrogens is 3. The van der Waals surface area contributed by atoms with Crippen LogP contribution in [0.2, 0.25) is 5.15 Å². The maximum Gasteiger partial charge on any atom is 0.230 e. The van der Waals surface area contributed by atoms with Gasteiger partial charge in [0.2, 0.25) is 11.0 Å². The zero-order valence-corrected chi connectivity index (χ0v) is 17.2. The summed E-state index contributed by atoms with van der Waals surface area (Å²) in [5.74, 6) is 0.400. The molecule has 150 valence electrons. The van der Waals surface area contributed by atoms with E-state index < -0.39 is 0 Å². The number of allylic oxidation sites excluding steroid dienone is 3. The molecule has 0 bridgehead atoms. The Morgan fingerprint density at radius 1 is 1.25 bits per heavy atom. The second-order valence-corrected chi connectivity index (χ2v) is 7.49. The molecule has 2 aromatic heterocycles. The highest BCUT2D eigenvalue weighted by Gasteiger charge is 2.09. The molecule has 0 aromatic carbocycles. The van der Waals surface area contributed by atoms with E-state index >= 15 is 0 Å². The number of nitrogens with one attached hydrogen (secondary N) is 2. The second kappa shape index (κ2) is 11.3. The minimum absolute atomic E-state index is 0.168. The van der Waals surface area contributed by atoms with Crippen LogP contribution in [-0.2, 0) is 17.6 Å². The molecule has 1 amide bonds. The highest BCUT2D eigenvalue weighted by Crippen LogP contribution is 2.18. The van der Waals surface area contributed by atoms with Gasteiger partial charge in [0.1, 0.15) is 10.2 Å². The van der Waals surface area contributed by atoms with E-state index in [0.717, 1.165) is 42.0 Å². The number of nitrogens with two attached hydrogens (primary N) is 2. The molecule has 2 aromatic rings. The highest BCUT2D eigenvalue weighted by atomic mass is 35.5. The predicted molar refractivity (Wildman–Crippen MR) is 113 cm³/mol. The van der Waals surface area contributed by atoms with Crippen molar-refractivity contribution >= 4 is 34.0 Å². The van der Waals surface area contributed by atoms with E-state index in [2.05, 4.69) is 25.8 Å². The molecule has 6 N–H and O–H groups in total. The third-order valence-electron chi connectivity index (χ3n) is 3.74. The van der Waals surface area contributed by atoms with Gasteiger partial charge in [0, 0.05) is 25.4 Å². The summed E-state index contributed by atoms with van der Waals surface area (Å²) in [6, 6.07) is 3.42. The van der Waals surface area contributed by atoms with Crippen molar-refractivity contribution in [3.63, 3.8) is 0 Å². The molecule has 10 heteroatoms. The van der Waals surface area contributed by atoms with Gasteiger partial charge in [-0.15, -0.1) is 10.2 Å². The average Bonchev–Trinajstić information content (AvgIpc) is 3.12. The number of halogens is 1. The number of carbonyl (C=O) groups excluding carboxylic acids is 1. The zero-order valence-electron chi connectivity index (χ0n) is 15.6. The van der Waals surface area contributed by atoms with Gasteiger partial charge < -0.3 is 22.1 Å². The van der Waals surface area contributed by atoms with Crippen molar-refractivity contribution < 1.29 is 4.79 Å². The third-order valence-corrected chi connectivity index (χ3v) is 4.86. The van der Waals surface area contributed by atoms with E-state index in [-0.39, 0.29) is 12.3 Å². The van der Waals surface area contributed by atoms with Crippen molar-refractivity contribution in [3.05, 3.63) is 57.7 Å². The summed E-state index contributed by atoms with van der Waals surface area (Å²) in [6.45, 7) is 0. The topological polar surface area (TPSA) is 132 Å². The average molecular weight is 422 g/mol. The van der Waals surface area contributed by atoms with Gasteiger partial charge in [-0.1, -0.05) is 29.0 Å². The lowest BCUT2D eigenvalue weighted by molar-refractivity contribution is -0.115. The number of hydrogen-bond acceptors (Lipinski definition) is 8. The Kier molecular flexibility index (Phi) is 8.70. The van der Waals surface area contributed by atoms with Gasteiger partial charge in [0.05, 0.1) is 12.2 Å². The van der Waals surface area contributed by atoms with Gasteiger partial charge in [-0.3, -0.25) is 4.79 Å². The summed E-state index contributed by atoms with van der Waals surface area (Å²) >= 11 is 7.12. The SMILES string of the molecule is CN/C(N)=C/C=C(\N)CCCCc1nnc(NC(=O)Cc2ccc(Cl)nc2)s1. The molecular formula is C18H24ClN7OS. The molecule has 8 nitrogen and oxygen atoms in total. The number of pyridine rings is 1. The minimum atomic E-state index is -0.168. The molecule has 0 fully saturated rings. The number of aryl methyl sites for hydroxylation is 1. The van der Waals surface area contributed by atoms with Crippen LogP contribution in [0.25, 0.3) is 0 Å². The van der Waals surface area contributed by atoms with E-state index in [0.29, 0.717) is 16.1 Å². The molecule has 2 rings (SSSR count). The van der Waals surface area contributed by atoms with E-state index in [9.17, 15) is 4.79 Å². The molecule has 0 aliphatic heterocycles. The van der Waals surface area contributed by atoms with Crippen LogP contribution in [0.1, 0.15) is 29.8 Å². The summed E-state index contributed by atoms with van der Waals surface area (Å²) in [7, 11) is 1.75. The summed E-state index contributed by atoms with van der Waals surface area (Å²) < 4.78 is 0. The van der Waals surface area contributed by atoms with Crippen LogP contribution in [0, 0.1) is 0 Å². The van der Waals surface area contributed by atoms with Crippen LogP contribution in [0.4, 0.5) is 5.13 Å². The molecule has 0 radical (unpaired) electrons. The molecule has 0 saturated heterocycles. The maximum atomic E-state index is 12.1.